The van der Waals surface area contributed by atoms with Gasteiger partial charge in [0.25, 0.3) is 0 Å². The van der Waals surface area contributed by atoms with E-state index in [9.17, 15) is 4.79 Å². The van der Waals surface area contributed by atoms with Gasteiger partial charge in [-0.15, -0.1) is 0 Å². The molecule has 1 unspecified atom stereocenters. The topological polar surface area (TPSA) is 17.1 Å². The lowest BCUT2D eigenvalue weighted by molar-refractivity contribution is -0.116. The molecule has 0 radical (unpaired) electrons. The Kier molecular flexibility index (Phi) is 4.19. The van der Waals surface area contributed by atoms with Gasteiger partial charge in [-0.05, 0) is 41.1 Å². The van der Waals surface area contributed by atoms with E-state index < -0.39 is 0 Å². The van der Waals surface area contributed by atoms with E-state index >= 15 is 0 Å². The van der Waals surface area contributed by atoms with Gasteiger partial charge < -0.3 is 0 Å². The van der Waals surface area contributed by atoms with E-state index in [1.165, 1.54) is 6.92 Å². The first-order chi connectivity index (χ1) is 6.04. The fourth-order valence-electron chi connectivity index (χ4n) is 0.935. The highest BCUT2D eigenvalue weighted by Gasteiger charge is 2.16. The van der Waals surface area contributed by atoms with Gasteiger partial charge in [0.05, 0.1) is 9.85 Å². The van der Waals surface area contributed by atoms with Gasteiger partial charge >= 0.3 is 0 Å². The molecule has 4 heteroatoms. The van der Waals surface area contributed by atoms with Gasteiger partial charge in [0.15, 0.2) is 0 Å². The zero-order valence-electron chi connectivity index (χ0n) is 6.85. The van der Waals surface area contributed by atoms with Crippen molar-refractivity contribution >= 4 is 55.9 Å². The number of hydrogen-bond acceptors (Lipinski definition) is 1. The van der Waals surface area contributed by atoms with E-state index in [1.54, 1.807) is 0 Å². The summed E-state index contributed by atoms with van der Waals surface area (Å²) in [4.78, 5) is 10.8. The Balaban J connectivity index is 3.15. The van der Waals surface area contributed by atoms with Crippen LogP contribution in [0.4, 0.5) is 0 Å². The molecule has 0 bridgehead atoms. The van der Waals surface area contributed by atoms with Crippen molar-refractivity contribution < 1.29 is 4.79 Å². The molecule has 0 heterocycles. The SMILES string of the molecule is CC(=O)C(Br)c1cccc(I)c1Cl. The van der Waals surface area contributed by atoms with Gasteiger partial charge in [-0.3, -0.25) is 4.79 Å². The highest BCUT2D eigenvalue weighted by atomic mass is 127. The number of Topliss-reactive ketones (excluding diaryl/α,β-unsaturated/α-hetero) is 1. The summed E-state index contributed by atoms with van der Waals surface area (Å²) in [7, 11) is 0. The predicted molar refractivity (Wildman–Crippen MR) is 66.5 cm³/mol. The van der Waals surface area contributed by atoms with Gasteiger partial charge in [-0.1, -0.05) is 39.7 Å². The summed E-state index contributed by atoms with van der Waals surface area (Å²) in [6.45, 7) is 1.54. The highest BCUT2D eigenvalue weighted by Crippen LogP contribution is 2.32. The molecule has 0 aliphatic heterocycles. The van der Waals surface area contributed by atoms with E-state index in [0.29, 0.717) is 5.02 Å². The second-order valence-corrected chi connectivity index (χ2v) is 5.07. The Labute approximate surface area is 104 Å². The third-order valence-electron chi connectivity index (χ3n) is 1.61. The predicted octanol–water partition coefficient (Wildman–Crippen LogP) is 3.97. The average Bonchev–Trinajstić information content (AvgIpc) is 2.08. The molecule has 0 N–H and O–H groups in total. The maximum absolute atomic E-state index is 11.1. The molecule has 1 atom stereocenters. The molecule has 1 aromatic carbocycles. The Morgan fingerprint density at radius 2 is 2.23 bits per heavy atom. The lowest BCUT2D eigenvalue weighted by atomic mass is 10.1. The quantitative estimate of drug-likeness (QED) is 0.566. The van der Waals surface area contributed by atoms with Crippen LogP contribution in [0.15, 0.2) is 18.2 Å². The fraction of sp³-hybridized carbons (Fsp3) is 0.222. The number of alkyl halides is 1. The van der Waals surface area contributed by atoms with Crippen molar-refractivity contribution in [1.82, 2.24) is 0 Å². The summed E-state index contributed by atoms with van der Waals surface area (Å²) in [6.07, 6.45) is 0. The monoisotopic (exact) mass is 372 g/mol. The number of benzene rings is 1. The van der Waals surface area contributed by atoms with Crippen molar-refractivity contribution in [3.05, 3.63) is 32.4 Å². The molecular weight excluding hydrogens is 366 g/mol. The van der Waals surface area contributed by atoms with Crippen LogP contribution < -0.4 is 0 Å². The summed E-state index contributed by atoms with van der Waals surface area (Å²) < 4.78 is 0.961. The third kappa shape index (κ3) is 2.67. The maximum Gasteiger partial charge on any atom is 0.147 e. The minimum absolute atomic E-state index is 0.0592. The van der Waals surface area contributed by atoms with E-state index in [4.69, 9.17) is 11.6 Å². The molecule has 0 saturated heterocycles. The van der Waals surface area contributed by atoms with Gasteiger partial charge in [0, 0.05) is 3.57 Å². The molecule has 0 amide bonds. The molecule has 13 heavy (non-hydrogen) atoms. The number of rotatable bonds is 2. The molecule has 0 saturated carbocycles. The Morgan fingerprint density at radius 3 is 2.77 bits per heavy atom. The largest absolute Gasteiger partial charge is 0.298 e. The summed E-state index contributed by atoms with van der Waals surface area (Å²) in [5.41, 5.74) is 0.834. The first-order valence-electron chi connectivity index (χ1n) is 3.62. The van der Waals surface area contributed by atoms with Crippen molar-refractivity contribution in [2.75, 3.05) is 0 Å². The lowest BCUT2D eigenvalue weighted by Crippen LogP contribution is -2.02. The van der Waals surface area contributed by atoms with Crippen molar-refractivity contribution in [1.29, 1.82) is 0 Å². The van der Waals surface area contributed by atoms with Gasteiger partial charge in [-0.25, -0.2) is 0 Å². The average molecular weight is 373 g/mol. The van der Waals surface area contributed by atoms with E-state index in [1.807, 2.05) is 18.2 Å². The zero-order chi connectivity index (χ0) is 10.0. The van der Waals surface area contributed by atoms with Crippen LogP contribution in [-0.4, -0.2) is 5.78 Å². The fourth-order valence-corrected chi connectivity index (χ4v) is 2.20. The second-order valence-electron chi connectivity index (χ2n) is 2.62. The normalized spacial score (nSPS) is 12.6. The number of ketones is 1. The molecule has 1 aromatic rings. The van der Waals surface area contributed by atoms with Crippen LogP contribution in [-0.2, 0) is 4.79 Å². The molecule has 0 aliphatic rings. The molecule has 70 valence electrons. The molecule has 0 aromatic heterocycles. The van der Waals surface area contributed by atoms with E-state index in [-0.39, 0.29) is 10.6 Å². The molecule has 0 aliphatic carbocycles. The summed E-state index contributed by atoms with van der Waals surface area (Å²) in [6, 6.07) is 5.65. The van der Waals surface area contributed by atoms with Crippen molar-refractivity contribution in [3.8, 4) is 0 Å². The second kappa shape index (κ2) is 4.75. The number of hydrogen-bond donors (Lipinski definition) is 0. The standard InChI is InChI=1S/C9H7BrClIO/c1-5(13)8(10)6-3-2-4-7(12)9(6)11/h2-4,8H,1H3. The van der Waals surface area contributed by atoms with Gasteiger partial charge in [-0.2, -0.15) is 0 Å². The van der Waals surface area contributed by atoms with Crippen LogP contribution >= 0.6 is 50.1 Å². The van der Waals surface area contributed by atoms with Crippen LogP contribution in [0.2, 0.25) is 5.02 Å². The molecule has 0 spiro atoms. The first kappa shape index (κ1) is 11.5. The highest BCUT2D eigenvalue weighted by molar-refractivity contribution is 14.1. The smallest absolute Gasteiger partial charge is 0.147 e. The van der Waals surface area contributed by atoms with Gasteiger partial charge in [0.1, 0.15) is 5.78 Å². The van der Waals surface area contributed by atoms with E-state index in [2.05, 4.69) is 38.5 Å². The van der Waals surface area contributed by atoms with Crippen molar-refractivity contribution in [2.45, 2.75) is 11.8 Å². The third-order valence-corrected chi connectivity index (χ3v) is 4.39. The minimum Gasteiger partial charge on any atom is -0.298 e. The van der Waals surface area contributed by atoms with E-state index in [0.717, 1.165) is 9.13 Å². The molecule has 0 fully saturated rings. The van der Waals surface area contributed by atoms with Gasteiger partial charge in [0.2, 0.25) is 0 Å². The summed E-state index contributed by atoms with van der Waals surface area (Å²) in [5, 5.41) is 0.653. The summed E-state index contributed by atoms with van der Waals surface area (Å²) >= 11 is 11.5. The number of halogens is 3. The van der Waals surface area contributed by atoms with Crippen molar-refractivity contribution in [2.24, 2.45) is 0 Å². The Hall–Kier alpha value is 0.390. The lowest BCUT2D eigenvalue weighted by Gasteiger charge is -2.09. The van der Waals surface area contributed by atoms with Crippen LogP contribution in [0.3, 0.4) is 0 Å². The number of carbonyl (C=O) groups is 1. The minimum atomic E-state index is -0.297. The van der Waals surface area contributed by atoms with Crippen LogP contribution in [0.1, 0.15) is 17.3 Å². The summed E-state index contributed by atoms with van der Waals surface area (Å²) in [5.74, 6) is 0.0592. The van der Waals surface area contributed by atoms with Crippen molar-refractivity contribution in [3.63, 3.8) is 0 Å². The maximum atomic E-state index is 11.1. The Bertz CT molecular complexity index is 340. The molecular formula is C9H7BrClIO. The molecule has 1 nitrogen and oxygen atoms in total. The zero-order valence-corrected chi connectivity index (χ0v) is 11.4. The molecule has 1 rings (SSSR count). The number of carbonyl (C=O) groups excluding carboxylic acids is 1. The van der Waals surface area contributed by atoms with Crippen LogP contribution in [0.5, 0.6) is 0 Å². The van der Waals surface area contributed by atoms with Crippen LogP contribution in [0.25, 0.3) is 0 Å². The Morgan fingerprint density at radius 1 is 1.62 bits per heavy atom. The van der Waals surface area contributed by atoms with Crippen LogP contribution in [0, 0.1) is 3.57 Å². The first-order valence-corrected chi connectivity index (χ1v) is 5.99.